The zero-order valence-electron chi connectivity index (χ0n) is 13.9. The van der Waals surface area contributed by atoms with Gasteiger partial charge in [0.15, 0.2) is 0 Å². The molecule has 0 saturated heterocycles. The van der Waals surface area contributed by atoms with Gasteiger partial charge in [0.25, 0.3) is 0 Å². The molecule has 1 aromatic carbocycles. The van der Waals surface area contributed by atoms with E-state index < -0.39 is 10.0 Å². The van der Waals surface area contributed by atoms with E-state index in [0.29, 0.717) is 26.2 Å². The molecule has 0 radical (unpaired) electrons. The topological polar surface area (TPSA) is 78.1 Å². The molecule has 0 atom stereocenters. The van der Waals surface area contributed by atoms with Gasteiger partial charge in [0, 0.05) is 30.8 Å². The number of benzene rings is 1. The van der Waals surface area contributed by atoms with Crippen LogP contribution >= 0.6 is 0 Å². The van der Waals surface area contributed by atoms with Crippen molar-refractivity contribution < 1.29 is 12.8 Å². The van der Waals surface area contributed by atoms with Gasteiger partial charge in [0.2, 0.25) is 10.0 Å². The van der Waals surface area contributed by atoms with E-state index in [1.54, 1.807) is 18.3 Å². The highest BCUT2D eigenvalue weighted by molar-refractivity contribution is 7.88. The fourth-order valence-electron chi connectivity index (χ4n) is 2.47. The third-order valence-corrected chi connectivity index (χ3v) is 5.13. The van der Waals surface area contributed by atoms with Crippen LogP contribution in [0.2, 0.25) is 0 Å². The van der Waals surface area contributed by atoms with E-state index in [9.17, 15) is 12.8 Å². The van der Waals surface area contributed by atoms with Crippen molar-refractivity contribution in [3.63, 3.8) is 0 Å². The van der Waals surface area contributed by atoms with Crippen LogP contribution in [0.1, 0.15) is 18.9 Å². The van der Waals surface area contributed by atoms with Crippen molar-refractivity contribution in [1.82, 2.24) is 19.8 Å². The minimum absolute atomic E-state index is 0.274. The first-order valence-corrected chi connectivity index (χ1v) is 9.70. The van der Waals surface area contributed by atoms with Crippen LogP contribution in [0.3, 0.4) is 0 Å². The van der Waals surface area contributed by atoms with E-state index in [0.717, 1.165) is 23.2 Å². The van der Waals surface area contributed by atoms with E-state index in [4.69, 9.17) is 0 Å². The van der Waals surface area contributed by atoms with Crippen molar-refractivity contribution in [3.8, 4) is 11.3 Å². The van der Waals surface area contributed by atoms with Gasteiger partial charge in [0.1, 0.15) is 5.82 Å². The van der Waals surface area contributed by atoms with Gasteiger partial charge >= 0.3 is 0 Å². The van der Waals surface area contributed by atoms with Gasteiger partial charge in [-0.05, 0) is 37.2 Å². The Morgan fingerprint density at radius 2 is 2.00 bits per heavy atom. The first-order valence-electron chi connectivity index (χ1n) is 7.86. The Morgan fingerprint density at radius 1 is 1.29 bits per heavy atom. The third-order valence-electron chi connectivity index (χ3n) is 3.75. The van der Waals surface area contributed by atoms with Crippen molar-refractivity contribution >= 4 is 10.0 Å². The number of halogens is 1. The summed E-state index contributed by atoms with van der Waals surface area (Å²) in [6, 6.07) is 6.24. The maximum atomic E-state index is 13.0. The SMILES string of the molecule is CCN(CCCNCc1cn[nH]c1-c1ccc(F)cc1)S(C)(=O)=O. The molecule has 0 saturated carbocycles. The summed E-state index contributed by atoms with van der Waals surface area (Å²) in [5.41, 5.74) is 2.71. The largest absolute Gasteiger partial charge is 0.312 e. The Morgan fingerprint density at radius 3 is 2.62 bits per heavy atom. The molecule has 0 unspecified atom stereocenters. The van der Waals surface area contributed by atoms with E-state index in [1.807, 2.05) is 6.92 Å². The van der Waals surface area contributed by atoms with Crippen LogP contribution in [0.5, 0.6) is 0 Å². The summed E-state index contributed by atoms with van der Waals surface area (Å²) in [4.78, 5) is 0. The highest BCUT2D eigenvalue weighted by Gasteiger charge is 2.13. The lowest BCUT2D eigenvalue weighted by atomic mass is 10.1. The maximum Gasteiger partial charge on any atom is 0.211 e. The van der Waals surface area contributed by atoms with E-state index >= 15 is 0 Å². The predicted molar refractivity (Wildman–Crippen MR) is 92.4 cm³/mol. The average molecular weight is 354 g/mol. The van der Waals surface area contributed by atoms with Gasteiger partial charge in [-0.1, -0.05) is 6.92 Å². The lowest BCUT2D eigenvalue weighted by Crippen LogP contribution is -2.32. The number of hydrogen-bond acceptors (Lipinski definition) is 4. The Hall–Kier alpha value is -1.77. The second kappa shape index (κ2) is 8.36. The molecule has 2 aromatic rings. The molecule has 0 aliphatic heterocycles. The second-order valence-corrected chi connectivity index (χ2v) is 7.54. The molecule has 0 bridgehead atoms. The minimum Gasteiger partial charge on any atom is -0.312 e. The summed E-state index contributed by atoms with van der Waals surface area (Å²) < 4.78 is 37.5. The summed E-state index contributed by atoms with van der Waals surface area (Å²) >= 11 is 0. The molecule has 1 aromatic heterocycles. The molecule has 0 spiro atoms. The molecular weight excluding hydrogens is 331 g/mol. The summed E-state index contributed by atoms with van der Waals surface area (Å²) in [5.74, 6) is -0.274. The van der Waals surface area contributed by atoms with Gasteiger partial charge in [-0.2, -0.15) is 5.10 Å². The molecule has 132 valence electrons. The first-order chi connectivity index (χ1) is 11.4. The first kappa shape index (κ1) is 18.6. The molecular formula is C16H23FN4O2S. The normalized spacial score (nSPS) is 12.0. The van der Waals surface area contributed by atoms with Crippen LogP contribution in [0.4, 0.5) is 4.39 Å². The molecule has 8 heteroatoms. The number of aromatic amines is 1. The molecule has 1 heterocycles. The Bertz CT molecular complexity index is 744. The van der Waals surface area contributed by atoms with E-state index in [2.05, 4.69) is 15.5 Å². The minimum atomic E-state index is -3.13. The van der Waals surface area contributed by atoms with E-state index in [-0.39, 0.29) is 5.82 Å². The lowest BCUT2D eigenvalue weighted by Gasteiger charge is -2.17. The zero-order chi connectivity index (χ0) is 17.6. The van der Waals surface area contributed by atoms with Gasteiger partial charge < -0.3 is 5.32 Å². The number of rotatable bonds is 9. The Labute approximate surface area is 142 Å². The molecule has 2 N–H and O–H groups in total. The Kier molecular flexibility index (Phi) is 6.47. The van der Waals surface area contributed by atoms with Crippen LogP contribution in [-0.2, 0) is 16.6 Å². The number of aromatic nitrogens is 2. The summed E-state index contributed by atoms with van der Waals surface area (Å²) in [6.45, 7) is 4.11. The number of nitrogens with one attached hydrogen (secondary N) is 2. The van der Waals surface area contributed by atoms with Crippen LogP contribution < -0.4 is 5.32 Å². The fourth-order valence-corrected chi connectivity index (χ4v) is 3.40. The predicted octanol–water partition coefficient (Wildman–Crippen LogP) is 1.98. The molecule has 2 rings (SSSR count). The van der Waals surface area contributed by atoms with Gasteiger partial charge in [-0.3, -0.25) is 5.10 Å². The average Bonchev–Trinajstić information content (AvgIpc) is 2.98. The van der Waals surface area contributed by atoms with Crippen LogP contribution in [0.25, 0.3) is 11.3 Å². The lowest BCUT2D eigenvalue weighted by molar-refractivity contribution is 0.419. The molecule has 24 heavy (non-hydrogen) atoms. The zero-order valence-corrected chi connectivity index (χ0v) is 14.7. The molecule has 0 amide bonds. The number of sulfonamides is 1. The van der Waals surface area contributed by atoms with Crippen LogP contribution in [-0.4, -0.2) is 48.8 Å². The third kappa shape index (κ3) is 5.12. The van der Waals surface area contributed by atoms with Crippen LogP contribution in [0, 0.1) is 5.82 Å². The van der Waals surface area contributed by atoms with Crippen LogP contribution in [0.15, 0.2) is 30.5 Å². The Balaban J connectivity index is 1.84. The van der Waals surface area contributed by atoms with E-state index in [1.165, 1.54) is 22.7 Å². The monoisotopic (exact) mass is 354 g/mol. The number of nitrogens with zero attached hydrogens (tertiary/aromatic N) is 2. The molecule has 0 fully saturated rings. The van der Waals surface area contributed by atoms with Crippen molar-refractivity contribution in [2.45, 2.75) is 19.9 Å². The second-order valence-electron chi connectivity index (χ2n) is 5.56. The van der Waals surface area contributed by atoms with Crippen molar-refractivity contribution in [2.24, 2.45) is 0 Å². The quantitative estimate of drug-likeness (QED) is 0.675. The van der Waals surface area contributed by atoms with Crippen molar-refractivity contribution in [3.05, 3.63) is 41.8 Å². The fraction of sp³-hybridized carbons (Fsp3) is 0.438. The summed E-state index contributed by atoms with van der Waals surface area (Å²) in [5, 5.41) is 10.3. The van der Waals surface area contributed by atoms with Gasteiger partial charge in [-0.25, -0.2) is 17.1 Å². The number of hydrogen-bond donors (Lipinski definition) is 2. The van der Waals surface area contributed by atoms with Crippen molar-refractivity contribution in [1.29, 1.82) is 0 Å². The van der Waals surface area contributed by atoms with Gasteiger partial charge in [-0.15, -0.1) is 0 Å². The van der Waals surface area contributed by atoms with Gasteiger partial charge in [0.05, 0.1) is 18.1 Å². The molecule has 0 aliphatic carbocycles. The highest BCUT2D eigenvalue weighted by Crippen LogP contribution is 2.21. The highest BCUT2D eigenvalue weighted by atomic mass is 32.2. The summed E-state index contributed by atoms with van der Waals surface area (Å²) in [6.07, 6.45) is 3.69. The maximum absolute atomic E-state index is 13.0. The molecule has 6 nitrogen and oxygen atoms in total. The smallest absolute Gasteiger partial charge is 0.211 e. The van der Waals surface area contributed by atoms with Crippen molar-refractivity contribution in [2.75, 3.05) is 25.9 Å². The number of H-pyrrole nitrogens is 1. The standard InChI is InChI=1S/C16H23FN4O2S/c1-3-21(24(2,22)23)10-4-9-18-11-14-12-19-20-16(14)13-5-7-15(17)8-6-13/h5-8,12,18H,3-4,9-11H2,1-2H3,(H,19,20). The molecule has 0 aliphatic rings. The summed E-state index contributed by atoms with van der Waals surface area (Å²) in [7, 11) is -3.13.